The minimum Gasteiger partial charge on any atom is -0.421 e. The number of hydroxylamine groups is 1. The molecule has 1 amide bonds. The van der Waals surface area contributed by atoms with Crippen LogP contribution >= 0.6 is 27.3 Å². The van der Waals surface area contributed by atoms with Crippen molar-refractivity contribution < 1.29 is 14.4 Å². The molecule has 1 fully saturated rings. The molecule has 2 aromatic heterocycles. The maximum Gasteiger partial charge on any atom is 0.349 e. The predicted molar refractivity (Wildman–Crippen MR) is 108 cm³/mol. The van der Waals surface area contributed by atoms with Crippen molar-refractivity contribution in [3.63, 3.8) is 0 Å². The summed E-state index contributed by atoms with van der Waals surface area (Å²) in [6.07, 6.45) is 0. The Morgan fingerprint density at radius 2 is 2.07 bits per heavy atom. The van der Waals surface area contributed by atoms with E-state index in [-0.39, 0.29) is 5.56 Å². The topological polar surface area (TPSA) is 86.0 Å². The van der Waals surface area contributed by atoms with Crippen LogP contribution in [0, 0.1) is 0 Å². The minimum atomic E-state index is -0.881. The summed E-state index contributed by atoms with van der Waals surface area (Å²) in [7, 11) is 2.13. The van der Waals surface area contributed by atoms with Crippen LogP contribution in [0.2, 0.25) is 0 Å². The Kier molecular flexibility index (Phi) is 5.04. The van der Waals surface area contributed by atoms with Crippen molar-refractivity contribution in [1.29, 1.82) is 0 Å². The number of nitrogens with zero attached hydrogens (tertiary/aromatic N) is 2. The maximum absolute atomic E-state index is 12.2. The van der Waals surface area contributed by atoms with Crippen molar-refractivity contribution in [3.8, 4) is 0 Å². The summed E-state index contributed by atoms with van der Waals surface area (Å²) < 4.78 is 7.33. The summed E-state index contributed by atoms with van der Waals surface area (Å²) in [5.41, 5.74) is 0.937. The second-order valence-electron chi connectivity index (χ2n) is 6.67. The summed E-state index contributed by atoms with van der Waals surface area (Å²) in [5.74, 6) is -0.881. The molecule has 0 unspecified atom stereocenters. The molecule has 3 heterocycles. The SMILES string of the molecule is CN1CCN(Cc2sc3c(ccc4cc(C(=O)NO)c(=O)oc43)c2Br)CC1. The lowest BCUT2D eigenvalue weighted by atomic mass is 10.1. The first-order valence-electron chi connectivity index (χ1n) is 8.51. The Morgan fingerprint density at radius 3 is 2.78 bits per heavy atom. The largest absolute Gasteiger partial charge is 0.421 e. The molecule has 1 saturated heterocycles. The van der Waals surface area contributed by atoms with E-state index >= 15 is 0 Å². The van der Waals surface area contributed by atoms with Crippen LogP contribution in [0.5, 0.6) is 0 Å². The average Bonchev–Trinajstić information content (AvgIpc) is 2.98. The molecule has 1 aliphatic rings. The molecular weight excluding hydrogens is 434 g/mol. The Bertz CT molecular complexity index is 1090. The van der Waals surface area contributed by atoms with E-state index < -0.39 is 11.5 Å². The molecule has 0 spiro atoms. The molecule has 9 heteroatoms. The molecule has 0 radical (unpaired) electrons. The predicted octanol–water partition coefficient (Wildman–Crippen LogP) is 2.64. The first-order valence-corrected chi connectivity index (χ1v) is 10.1. The molecule has 0 saturated carbocycles. The second-order valence-corrected chi connectivity index (χ2v) is 8.57. The number of hydrogen-bond donors (Lipinski definition) is 2. The second kappa shape index (κ2) is 7.33. The molecule has 3 aromatic rings. The number of amides is 1. The van der Waals surface area contributed by atoms with Crippen molar-refractivity contribution in [2.75, 3.05) is 33.2 Å². The molecule has 2 N–H and O–H groups in total. The highest BCUT2D eigenvalue weighted by Crippen LogP contribution is 2.40. The molecule has 7 nitrogen and oxygen atoms in total. The number of hydrogen-bond acceptors (Lipinski definition) is 7. The molecule has 0 bridgehead atoms. The van der Waals surface area contributed by atoms with E-state index in [1.54, 1.807) is 11.3 Å². The van der Waals surface area contributed by atoms with Gasteiger partial charge in [0.2, 0.25) is 0 Å². The fourth-order valence-corrected chi connectivity index (χ4v) is 5.34. The summed E-state index contributed by atoms with van der Waals surface area (Å²) in [4.78, 5) is 29.7. The molecule has 0 aliphatic carbocycles. The smallest absolute Gasteiger partial charge is 0.349 e. The van der Waals surface area contributed by atoms with Crippen LogP contribution in [0.25, 0.3) is 21.1 Å². The number of piperazine rings is 1. The first-order chi connectivity index (χ1) is 13.0. The van der Waals surface area contributed by atoms with Crippen LogP contribution in [0.15, 0.2) is 31.9 Å². The van der Waals surface area contributed by atoms with Gasteiger partial charge in [0.25, 0.3) is 5.91 Å². The van der Waals surface area contributed by atoms with Gasteiger partial charge in [0.05, 0.1) is 4.70 Å². The van der Waals surface area contributed by atoms with Gasteiger partial charge in [0.15, 0.2) is 5.58 Å². The third kappa shape index (κ3) is 3.41. The zero-order chi connectivity index (χ0) is 19.1. The fourth-order valence-electron chi connectivity index (χ4n) is 3.28. The maximum atomic E-state index is 12.2. The van der Waals surface area contributed by atoms with Gasteiger partial charge >= 0.3 is 5.63 Å². The lowest BCUT2D eigenvalue weighted by molar-refractivity contribution is 0.0702. The summed E-state index contributed by atoms with van der Waals surface area (Å²) >= 11 is 5.29. The minimum absolute atomic E-state index is 0.224. The van der Waals surface area contributed by atoms with Gasteiger partial charge in [0.1, 0.15) is 5.56 Å². The third-order valence-corrected chi connectivity index (χ3v) is 7.23. The number of fused-ring (bicyclic) bond motifs is 3. The number of benzene rings is 1. The van der Waals surface area contributed by atoms with Crippen LogP contribution in [0.3, 0.4) is 0 Å². The Labute approximate surface area is 167 Å². The quantitative estimate of drug-likeness (QED) is 0.361. The highest BCUT2D eigenvalue weighted by molar-refractivity contribution is 9.10. The van der Waals surface area contributed by atoms with Crippen LogP contribution in [0.1, 0.15) is 15.2 Å². The lowest BCUT2D eigenvalue weighted by Gasteiger charge is -2.32. The van der Waals surface area contributed by atoms with Crippen molar-refractivity contribution >= 4 is 54.2 Å². The van der Waals surface area contributed by atoms with E-state index in [0.29, 0.717) is 11.0 Å². The van der Waals surface area contributed by atoms with E-state index in [4.69, 9.17) is 9.62 Å². The first kappa shape index (κ1) is 18.6. The van der Waals surface area contributed by atoms with Gasteiger partial charge in [-0.2, -0.15) is 0 Å². The number of nitrogens with one attached hydrogen (secondary N) is 1. The monoisotopic (exact) mass is 451 g/mol. The Morgan fingerprint density at radius 1 is 1.33 bits per heavy atom. The van der Waals surface area contributed by atoms with Gasteiger partial charge in [0, 0.05) is 52.8 Å². The normalized spacial score (nSPS) is 16.3. The van der Waals surface area contributed by atoms with Gasteiger partial charge < -0.3 is 9.32 Å². The van der Waals surface area contributed by atoms with E-state index in [9.17, 15) is 9.59 Å². The molecule has 4 rings (SSSR count). The van der Waals surface area contributed by atoms with Crippen LogP contribution in [-0.2, 0) is 6.54 Å². The van der Waals surface area contributed by atoms with Gasteiger partial charge in [-0.3, -0.25) is 14.9 Å². The molecule has 1 aromatic carbocycles. The Balaban J connectivity index is 1.77. The zero-order valence-electron chi connectivity index (χ0n) is 14.6. The summed E-state index contributed by atoms with van der Waals surface area (Å²) in [6, 6.07) is 5.21. The molecule has 0 atom stereocenters. The third-order valence-electron chi connectivity index (χ3n) is 4.87. The molecule has 1 aliphatic heterocycles. The standard InChI is InChI=1S/C18H18BrN3O4S/c1-21-4-6-22(7-5-21)9-13-14(19)11-3-2-10-8-12(17(23)20-25)18(24)26-15(10)16(11)27-13/h2-3,8,25H,4-7,9H2,1H3,(H,20,23). The number of likely N-dealkylation sites (N-methyl/N-ethyl adjacent to an activating group) is 1. The average molecular weight is 452 g/mol. The van der Waals surface area contributed by atoms with Crippen LogP contribution in [-0.4, -0.2) is 54.1 Å². The number of halogens is 1. The van der Waals surface area contributed by atoms with Crippen molar-refractivity contribution in [3.05, 3.63) is 43.5 Å². The highest BCUT2D eigenvalue weighted by atomic mass is 79.9. The van der Waals surface area contributed by atoms with Crippen molar-refractivity contribution in [2.24, 2.45) is 0 Å². The molecule has 27 heavy (non-hydrogen) atoms. The number of thiophene rings is 1. The summed E-state index contributed by atoms with van der Waals surface area (Å²) in [5, 5.41) is 10.4. The Hall–Kier alpha value is -1.78. The van der Waals surface area contributed by atoms with Crippen LogP contribution < -0.4 is 11.1 Å². The van der Waals surface area contributed by atoms with Crippen molar-refractivity contribution in [2.45, 2.75) is 6.54 Å². The van der Waals surface area contributed by atoms with Gasteiger partial charge in [-0.15, -0.1) is 11.3 Å². The van der Waals surface area contributed by atoms with Crippen LogP contribution in [0.4, 0.5) is 0 Å². The van der Waals surface area contributed by atoms with Gasteiger partial charge in [-0.05, 0) is 29.0 Å². The van der Waals surface area contributed by atoms with E-state index in [0.717, 1.165) is 47.3 Å². The number of carbonyl (C=O) groups is 1. The number of carbonyl (C=O) groups excluding carboxylic acids is 1. The zero-order valence-corrected chi connectivity index (χ0v) is 17.0. The number of rotatable bonds is 3. The van der Waals surface area contributed by atoms with Gasteiger partial charge in [-0.1, -0.05) is 12.1 Å². The van der Waals surface area contributed by atoms with Crippen molar-refractivity contribution in [1.82, 2.24) is 15.3 Å². The highest BCUT2D eigenvalue weighted by Gasteiger charge is 2.20. The van der Waals surface area contributed by atoms with E-state index in [2.05, 4.69) is 32.8 Å². The summed E-state index contributed by atoms with van der Waals surface area (Å²) in [6.45, 7) is 4.98. The molecule has 142 valence electrons. The van der Waals surface area contributed by atoms with E-state index in [1.807, 2.05) is 12.1 Å². The van der Waals surface area contributed by atoms with E-state index in [1.165, 1.54) is 16.4 Å². The lowest BCUT2D eigenvalue weighted by Crippen LogP contribution is -2.43. The fraction of sp³-hybridized carbons (Fsp3) is 0.333. The van der Waals surface area contributed by atoms with Gasteiger partial charge in [-0.25, -0.2) is 10.3 Å². The molecular formula is C18H18BrN3O4S.